The van der Waals surface area contributed by atoms with Crippen LogP contribution in [0.2, 0.25) is 0 Å². The second kappa shape index (κ2) is 18.8. The number of carbonyl (C=O) groups is 5. The van der Waals surface area contributed by atoms with Crippen LogP contribution in [0.3, 0.4) is 0 Å². The number of nitrogens with one attached hydrogen (secondary N) is 4. The van der Waals surface area contributed by atoms with E-state index < -0.39 is 5.91 Å². The van der Waals surface area contributed by atoms with Crippen LogP contribution in [0.25, 0.3) is 17.4 Å². The van der Waals surface area contributed by atoms with Crippen molar-refractivity contribution in [3.8, 4) is 11.3 Å². The van der Waals surface area contributed by atoms with Gasteiger partial charge in [0.1, 0.15) is 11.5 Å². The molecule has 0 spiro atoms. The van der Waals surface area contributed by atoms with Crippen molar-refractivity contribution >= 4 is 58.6 Å². The second-order valence-electron chi connectivity index (χ2n) is 11.8. The normalized spacial score (nSPS) is 20.8. The Labute approximate surface area is 294 Å². The quantitative estimate of drug-likeness (QED) is 0.0901. The number of fused-ring (bicyclic) bond motifs is 1. The highest BCUT2D eigenvalue weighted by atomic mass is 32.2. The van der Waals surface area contributed by atoms with Crippen molar-refractivity contribution in [1.29, 1.82) is 0 Å². The van der Waals surface area contributed by atoms with Crippen LogP contribution in [-0.2, 0) is 23.9 Å². The first-order valence-corrected chi connectivity index (χ1v) is 18.5. The van der Waals surface area contributed by atoms with Gasteiger partial charge in [-0.1, -0.05) is 36.8 Å². The standard InChI is InChI=1S/C34H43N5O8S2/c40-29(10-5-4-9-27-31-25(22-48-27)37-33(43)38-31)35-14-17-45-19-20-46-18-15-36-30(41)11-6-16-39-32(42)28(49-34(39)44)21-24-12-13-26(47-24)23-7-2-1-3-8-23/h1-3,7-8,12-13,21,25,27,31H,4-6,9-11,14-20,22H2,(H,35,40)(H,36,41)(H2,37,38,43)/b28-21-. The summed E-state index contributed by atoms with van der Waals surface area (Å²) in [6.07, 6.45) is 5.31. The molecule has 4 N–H and O–H groups in total. The molecule has 3 fully saturated rings. The molecule has 0 saturated carbocycles. The molecular weight excluding hydrogens is 671 g/mol. The Kier molecular flexibility index (Phi) is 14.0. The van der Waals surface area contributed by atoms with Crippen LogP contribution in [-0.4, -0.2) is 103 Å². The number of hydrogen-bond donors (Lipinski definition) is 4. The number of nitrogens with zero attached hydrogens (tertiary/aromatic N) is 1. The molecule has 13 nitrogen and oxygen atoms in total. The molecule has 49 heavy (non-hydrogen) atoms. The van der Waals surface area contributed by atoms with Gasteiger partial charge >= 0.3 is 6.03 Å². The number of rotatable bonds is 20. The smallest absolute Gasteiger partial charge is 0.315 e. The minimum absolute atomic E-state index is 0.00496. The largest absolute Gasteiger partial charge is 0.457 e. The molecule has 0 aliphatic carbocycles. The number of hydrogen-bond acceptors (Lipinski definition) is 10. The summed E-state index contributed by atoms with van der Waals surface area (Å²) >= 11 is 2.74. The highest BCUT2D eigenvalue weighted by molar-refractivity contribution is 8.18. The molecule has 264 valence electrons. The molecule has 3 saturated heterocycles. The molecule has 0 radical (unpaired) electrons. The van der Waals surface area contributed by atoms with E-state index in [4.69, 9.17) is 13.9 Å². The average molecular weight is 714 g/mol. The van der Waals surface area contributed by atoms with Crippen molar-refractivity contribution < 1.29 is 37.9 Å². The minimum atomic E-state index is -0.394. The Morgan fingerprint density at radius 3 is 2.35 bits per heavy atom. The van der Waals surface area contributed by atoms with Gasteiger partial charge in [-0.15, -0.1) is 0 Å². The lowest BCUT2D eigenvalue weighted by Crippen LogP contribution is -2.36. The fraction of sp³-hybridized carbons (Fsp3) is 0.500. The van der Waals surface area contributed by atoms with E-state index in [-0.39, 0.29) is 53.0 Å². The lowest BCUT2D eigenvalue weighted by Gasteiger charge is -2.16. The van der Waals surface area contributed by atoms with Crippen LogP contribution >= 0.6 is 23.5 Å². The van der Waals surface area contributed by atoms with Crippen molar-refractivity contribution in [3.05, 3.63) is 53.1 Å². The van der Waals surface area contributed by atoms with Crippen molar-refractivity contribution in [2.45, 2.75) is 55.9 Å². The number of urea groups is 1. The number of thioether (sulfide) groups is 2. The van der Waals surface area contributed by atoms with E-state index in [9.17, 15) is 24.0 Å². The SMILES string of the molecule is O=C(CCCCC1SCC2NC(=O)NC21)NCCOCCOCCNC(=O)CCCN1C(=O)S/C(=C\c2ccc(-c3ccccc3)o2)C1=O. The molecule has 3 aliphatic rings. The van der Waals surface area contributed by atoms with Crippen LogP contribution in [0.1, 0.15) is 44.3 Å². The second-order valence-corrected chi connectivity index (χ2v) is 14.1. The molecule has 3 aliphatic heterocycles. The molecule has 3 unspecified atom stereocenters. The molecule has 15 heteroatoms. The summed E-state index contributed by atoms with van der Waals surface area (Å²) in [7, 11) is 0. The average Bonchev–Trinajstić information content (AvgIpc) is 3.86. The van der Waals surface area contributed by atoms with Gasteiger partial charge < -0.3 is 35.2 Å². The maximum absolute atomic E-state index is 12.8. The van der Waals surface area contributed by atoms with Crippen molar-refractivity contribution in [3.63, 3.8) is 0 Å². The van der Waals surface area contributed by atoms with Gasteiger partial charge in [0.2, 0.25) is 11.8 Å². The van der Waals surface area contributed by atoms with E-state index in [1.165, 1.54) is 0 Å². The summed E-state index contributed by atoms with van der Waals surface area (Å²) in [6, 6.07) is 13.5. The van der Waals surface area contributed by atoms with E-state index in [0.29, 0.717) is 69.1 Å². The fourth-order valence-corrected chi connectivity index (χ4v) is 8.09. The van der Waals surface area contributed by atoms with E-state index in [1.807, 2.05) is 48.2 Å². The van der Waals surface area contributed by atoms with Crippen LogP contribution in [0.4, 0.5) is 9.59 Å². The minimum Gasteiger partial charge on any atom is -0.457 e. The van der Waals surface area contributed by atoms with Gasteiger partial charge in [-0.2, -0.15) is 11.8 Å². The van der Waals surface area contributed by atoms with Crippen molar-refractivity contribution in [1.82, 2.24) is 26.2 Å². The highest BCUT2D eigenvalue weighted by Crippen LogP contribution is 2.34. The maximum Gasteiger partial charge on any atom is 0.315 e. The number of unbranched alkanes of at least 4 members (excludes halogenated alkanes) is 1. The summed E-state index contributed by atoms with van der Waals surface area (Å²) in [4.78, 5) is 62.4. The summed E-state index contributed by atoms with van der Waals surface area (Å²) in [5.74, 6) is 1.52. The number of imide groups is 1. The summed E-state index contributed by atoms with van der Waals surface area (Å²) < 4.78 is 16.8. The molecule has 5 rings (SSSR count). The Morgan fingerprint density at radius 1 is 0.898 bits per heavy atom. The lowest BCUT2D eigenvalue weighted by molar-refractivity contribution is -0.124. The zero-order chi connectivity index (χ0) is 34.4. The van der Waals surface area contributed by atoms with Crippen LogP contribution in [0.15, 0.2) is 51.8 Å². The van der Waals surface area contributed by atoms with E-state index in [0.717, 1.165) is 47.2 Å². The summed E-state index contributed by atoms with van der Waals surface area (Å²) in [6.45, 7) is 2.35. The van der Waals surface area contributed by atoms with Crippen LogP contribution in [0, 0.1) is 0 Å². The molecule has 4 heterocycles. The van der Waals surface area contributed by atoms with Crippen molar-refractivity contribution in [2.24, 2.45) is 0 Å². The van der Waals surface area contributed by atoms with Gasteiger partial charge in [0.15, 0.2) is 0 Å². The number of benzene rings is 1. The highest BCUT2D eigenvalue weighted by Gasteiger charge is 2.42. The van der Waals surface area contributed by atoms with E-state index in [2.05, 4.69) is 21.3 Å². The van der Waals surface area contributed by atoms with Gasteiger partial charge in [0.05, 0.1) is 43.4 Å². The zero-order valence-electron chi connectivity index (χ0n) is 27.3. The first-order valence-electron chi connectivity index (χ1n) is 16.7. The number of ether oxygens (including phenoxy) is 2. The van der Waals surface area contributed by atoms with Crippen LogP contribution < -0.4 is 21.3 Å². The van der Waals surface area contributed by atoms with Crippen LogP contribution in [0.5, 0.6) is 0 Å². The van der Waals surface area contributed by atoms with Gasteiger partial charge in [-0.05, 0) is 43.2 Å². The topological polar surface area (TPSA) is 168 Å². The van der Waals surface area contributed by atoms with Gasteiger partial charge in [0.25, 0.3) is 11.1 Å². The van der Waals surface area contributed by atoms with E-state index >= 15 is 0 Å². The maximum atomic E-state index is 12.8. The first-order chi connectivity index (χ1) is 23.9. The molecule has 0 bridgehead atoms. The first kappa shape index (κ1) is 36.5. The molecule has 2 aromatic rings. The molecule has 3 atom stereocenters. The third-order valence-electron chi connectivity index (χ3n) is 8.21. The van der Waals surface area contributed by atoms with Crippen molar-refractivity contribution in [2.75, 3.05) is 51.8 Å². The molecule has 1 aromatic carbocycles. The van der Waals surface area contributed by atoms with Gasteiger partial charge in [-0.3, -0.25) is 24.1 Å². The summed E-state index contributed by atoms with van der Waals surface area (Å²) in [5, 5.41) is 11.6. The Bertz CT molecular complexity index is 1490. The predicted octanol–water partition coefficient (Wildman–Crippen LogP) is 3.75. The third kappa shape index (κ3) is 11.1. The predicted molar refractivity (Wildman–Crippen MR) is 188 cm³/mol. The zero-order valence-corrected chi connectivity index (χ0v) is 28.9. The Balaban J connectivity index is 0.826. The monoisotopic (exact) mass is 713 g/mol. The van der Waals surface area contributed by atoms with Gasteiger partial charge in [0, 0.05) is 55.1 Å². The lowest BCUT2D eigenvalue weighted by atomic mass is 10.0. The molecule has 6 amide bonds. The fourth-order valence-electron chi connectivity index (χ4n) is 5.71. The third-order valence-corrected chi connectivity index (χ3v) is 10.6. The Morgan fingerprint density at radius 2 is 1.61 bits per heavy atom. The Hall–Kier alpha value is -3.79. The molecule has 1 aromatic heterocycles. The number of carbonyl (C=O) groups excluding carboxylic acids is 5. The van der Waals surface area contributed by atoms with E-state index in [1.54, 1.807) is 12.1 Å². The van der Waals surface area contributed by atoms with Gasteiger partial charge in [-0.25, -0.2) is 4.79 Å². The molecular formula is C34H43N5O8S2. The summed E-state index contributed by atoms with van der Waals surface area (Å²) in [5.41, 5.74) is 0.916. The number of furan rings is 1. The number of amides is 6.